The van der Waals surface area contributed by atoms with E-state index in [1.54, 1.807) is 30.3 Å². The van der Waals surface area contributed by atoms with E-state index in [1.807, 2.05) is 0 Å². The number of rotatable bonds is 5. The van der Waals surface area contributed by atoms with Crippen LogP contribution < -0.4 is 10.2 Å². The van der Waals surface area contributed by atoms with Gasteiger partial charge in [-0.05, 0) is 54.3 Å². The lowest BCUT2D eigenvalue weighted by molar-refractivity contribution is -0.138. The number of carbonyl (C=O) groups is 1. The van der Waals surface area contributed by atoms with Crippen molar-refractivity contribution < 1.29 is 26.7 Å². The fourth-order valence-electron chi connectivity index (χ4n) is 4.70. The van der Waals surface area contributed by atoms with Gasteiger partial charge in [-0.15, -0.1) is 0 Å². The first kappa shape index (κ1) is 19.5. The van der Waals surface area contributed by atoms with Crippen molar-refractivity contribution in [1.29, 1.82) is 0 Å². The van der Waals surface area contributed by atoms with Gasteiger partial charge in [0.2, 0.25) is 0 Å². The van der Waals surface area contributed by atoms with Crippen LogP contribution in [0.2, 0.25) is 0 Å². The monoisotopic (exact) mass is 422 g/mol. The van der Waals surface area contributed by atoms with E-state index in [-0.39, 0.29) is 36.6 Å². The van der Waals surface area contributed by atoms with Crippen LogP contribution >= 0.6 is 0 Å². The SMILES string of the molecule is O=C1c2cc(CNCC3CC34CC4(F)F)cc(C(F)(F)F)c2CN1c1ccccc1. The number of anilines is 1. The topological polar surface area (TPSA) is 32.3 Å². The molecule has 2 aliphatic carbocycles. The predicted octanol–water partition coefficient (Wildman–Crippen LogP) is 5.00. The first-order chi connectivity index (χ1) is 14.1. The van der Waals surface area contributed by atoms with Crippen molar-refractivity contribution in [2.45, 2.75) is 38.0 Å². The molecule has 30 heavy (non-hydrogen) atoms. The molecule has 158 valence electrons. The minimum Gasteiger partial charge on any atom is -0.312 e. The van der Waals surface area contributed by atoms with Crippen LogP contribution in [0.5, 0.6) is 0 Å². The smallest absolute Gasteiger partial charge is 0.312 e. The van der Waals surface area contributed by atoms with E-state index in [0.717, 1.165) is 6.07 Å². The molecule has 0 radical (unpaired) electrons. The highest BCUT2D eigenvalue weighted by Crippen LogP contribution is 2.78. The summed E-state index contributed by atoms with van der Waals surface area (Å²) in [5, 5.41) is 3.00. The van der Waals surface area contributed by atoms with Crippen LogP contribution in [0.15, 0.2) is 42.5 Å². The minimum absolute atomic E-state index is 0.0288. The summed E-state index contributed by atoms with van der Waals surface area (Å²) in [6.45, 7) is 0.283. The highest BCUT2D eigenvalue weighted by atomic mass is 19.4. The maximum absolute atomic E-state index is 13.7. The van der Waals surface area contributed by atoms with Gasteiger partial charge in [0.05, 0.1) is 12.1 Å². The average Bonchev–Trinajstić information content (AvgIpc) is 3.48. The number of alkyl halides is 5. The van der Waals surface area contributed by atoms with Gasteiger partial charge in [-0.25, -0.2) is 8.78 Å². The number of hydrogen-bond donors (Lipinski definition) is 1. The normalized spacial score (nSPS) is 26.2. The molecule has 0 aromatic heterocycles. The van der Waals surface area contributed by atoms with E-state index in [1.165, 1.54) is 11.0 Å². The molecule has 1 N–H and O–H groups in total. The number of carbonyl (C=O) groups excluding carboxylic acids is 1. The van der Waals surface area contributed by atoms with Crippen molar-refractivity contribution in [1.82, 2.24) is 5.32 Å². The molecule has 1 spiro atoms. The molecule has 1 heterocycles. The van der Waals surface area contributed by atoms with E-state index < -0.39 is 29.0 Å². The lowest BCUT2D eigenvalue weighted by Gasteiger charge is -2.16. The second kappa shape index (κ2) is 6.26. The van der Waals surface area contributed by atoms with Crippen LogP contribution in [0.4, 0.5) is 27.6 Å². The first-order valence-electron chi connectivity index (χ1n) is 9.81. The van der Waals surface area contributed by atoms with E-state index in [9.17, 15) is 26.7 Å². The van der Waals surface area contributed by atoms with Crippen molar-refractivity contribution >= 4 is 11.6 Å². The molecule has 5 rings (SSSR count). The van der Waals surface area contributed by atoms with Gasteiger partial charge in [-0.3, -0.25) is 4.79 Å². The molecule has 1 aliphatic heterocycles. The molecule has 2 saturated carbocycles. The zero-order chi connectivity index (χ0) is 21.3. The van der Waals surface area contributed by atoms with E-state index in [2.05, 4.69) is 5.32 Å². The van der Waals surface area contributed by atoms with Gasteiger partial charge in [-0.1, -0.05) is 18.2 Å². The van der Waals surface area contributed by atoms with Gasteiger partial charge < -0.3 is 10.2 Å². The number of halogens is 5. The summed E-state index contributed by atoms with van der Waals surface area (Å²) in [5.41, 5.74) is -0.819. The standard InChI is InChI=1S/C22H19F5N2O/c23-21(24)12-20(21)8-14(20)10-28-9-13-6-16-17(18(7-13)22(25,26)27)11-29(19(16)30)15-4-2-1-3-5-15/h1-7,14,28H,8-12H2. The summed E-state index contributed by atoms with van der Waals surface area (Å²) >= 11 is 0. The Morgan fingerprint density at radius 1 is 1.13 bits per heavy atom. The Kier molecular flexibility index (Phi) is 4.07. The number of nitrogens with zero attached hydrogens (tertiary/aromatic N) is 1. The zero-order valence-corrected chi connectivity index (χ0v) is 15.9. The predicted molar refractivity (Wildman–Crippen MR) is 100 cm³/mol. The fourth-order valence-corrected chi connectivity index (χ4v) is 4.70. The third-order valence-electron chi connectivity index (χ3n) is 6.57. The molecular formula is C22H19F5N2O. The molecule has 2 atom stereocenters. The molecule has 3 aliphatic rings. The maximum atomic E-state index is 13.7. The summed E-state index contributed by atoms with van der Waals surface area (Å²) in [6.07, 6.45) is -4.23. The molecule has 2 aromatic carbocycles. The summed E-state index contributed by atoms with van der Waals surface area (Å²) in [5.74, 6) is -3.20. The van der Waals surface area contributed by atoms with Gasteiger partial charge in [0, 0.05) is 29.6 Å². The van der Waals surface area contributed by atoms with Crippen molar-refractivity contribution in [2.24, 2.45) is 11.3 Å². The highest BCUT2D eigenvalue weighted by molar-refractivity contribution is 6.10. The van der Waals surface area contributed by atoms with Crippen LogP contribution in [0.1, 0.15) is 39.9 Å². The van der Waals surface area contributed by atoms with Crippen LogP contribution in [0.3, 0.4) is 0 Å². The number of fused-ring (bicyclic) bond motifs is 1. The lowest BCUT2D eigenvalue weighted by Crippen LogP contribution is -2.23. The van der Waals surface area contributed by atoms with E-state index in [0.29, 0.717) is 24.2 Å². The highest BCUT2D eigenvalue weighted by Gasteiger charge is 2.82. The van der Waals surface area contributed by atoms with Gasteiger partial charge in [0.15, 0.2) is 0 Å². The molecule has 3 nitrogen and oxygen atoms in total. The number of para-hydroxylation sites is 1. The largest absolute Gasteiger partial charge is 0.416 e. The number of benzene rings is 2. The Balaban J connectivity index is 1.36. The summed E-state index contributed by atoms with van der Waals surface area (Å²) < 4.78 is 67.8. The second-order valence-electron chi connectivity index (χ2n) is 8.46. The van der Waals surface area contributed by atoms with Gasteiger partial charge >= 0.3 is 6.18 Å². The summed E-state index contributed by atoms with van der Waals surface area (Å²) in [6, 6.07) is 11.1. The molecule has 1 amide bonds. The Morgan fingerprint density at radius 2 is 1.83 bits per heavy atom. The summed E-state index contributed by atoms with van der Waals surface area (Å²) in [7, 11) is 0. The minimum atomic E-state index is -4.59. The quantitative estimate of drug-likeness (QED) is 0.688. The number of amides is 1. The average molecular weight is 422 g/mol. The number of nitrogens with one attached hydrogen (secondary N) is 1. The molecule has 2 unspecified atom stereocenters. The van der Waals surface area contributed by atoms with Gasteiger partial charge in [0.1, 0.15) is 0 Å². The maximum Gasteiger partial charge on any atom is 0.416 e. The lowest BCUT2D eigenvalue weighted by atomic mass is 9.99. The van der Waals surface area contributed by atoms with Crippen LogP contribution in [0, 0.1) is 11.3 Å². The zero-order valence-electron chi connectivity index (χ0n) is 15.9. The van der Waals surface area contributed by atoms with Crippen LogP contribution in [-0.2, 0) is 19.3 Å². The Bertz CT molecular complexity index is 1020. The molecule has 2 fully saturated rings. The first-order valence-corrected chi connectivity index (χ1v) is 9.81. The summed E-state index contributed by atoms with van der Waals surface area (Å²) in [4.78, 5) is 14.2. The molecule has 0 saturated heterocycles. The third-order valence-corrected chi connectivity index (χ3v) is 6.57. The number of hydrogen-bond acceptors (Lipinski definition) is 2. The Labute approximate surface area is 169 Å². The van der Waals surface area contributed by atoms with E-state index >= 15 is 0 Å². The third kappa shape index (κ3) is 3.00. The molecule has 8 heteroatoms. The molecular weight excluding hydrogens is 403 g/mol. The Hall–Kier alpha value is -2.48. The van der Waals surface area contributed by atoms with Crippen molar-refractivity contribution in [3.8, 4) is 0 Å². The van der Waals surface area contributed by atoms with Crippen LogP contribution in [0.25, 0.3) is 0 Å². The van der Waals surface area contributed by atoms with Gasteiger partial charge in [0.25, 0.3) is 11.8 Å². The molecule has 0 bridgehead atoms. The molecule has 2 aromatic rings. The van der Waals surface area contributed by atoms with Crippen molar-refractivity contribution in [3.05, 3.63) is 64.7 Å². The van der Waals surface area contributed by atoms with Gasteiger partial charge in [-0.2, -0.15) is 13.2 Å². The Morgan fingerprint density at radius 3 is 2.43 bits per heavy atom. The fraction of sp³-hybridized carbons (Fsp3) is 0.409. The van der Waals surface area contributed by atoms with Crippen molar-refractivity contribution in [3.63, 3.8) is 0 Å². The van der Waals surface area contributed by atoms with Crippen LogP contribution in [-0.4, -0.2) is 18.4 Å². The van der Waals surface area contributed by atoms with E-state index in [4.69, 9.17) is 0 Å². The van der Waals surface area contributed by atoms with Crippen molar-refractivity contribution in [2.75, 3.05) is 11.4 Å². The second-order valence-corrected chi connectivity index (χ2v) is 8.46.